The fourth-order valence-corrected chi connectivity index (χ4v) is 4.33. The van der Waals surface area contributed by atoms with E-state index in [-0.39, 0.29) is 24.5 Å². The van der Waals surface area contributed by atoms with Crippen molar-refractivity contribution in [3.05, 3.63) is 23.8 Å². The van der Waals surface area contributed by atoms with Crippen LogP contribution >= 0.6 is 0 Å². The molecule has 2 aliphatic heterocycles. The number of hydrogen-bond donors (Lipinski definition) is 1. The molecule has 2 atom stereocenters. The second-order valence-electron chi connectivity index (χ2n) is 7.99. The van der Waals surface area contributed by atoms with Crippen molar-refractivity contribution in [1.29, 1.82) is 0 Å². The molecular weight excluding hydrogens is 346 g/mol. The molecule has 2 heterocycles. The lowest BCUT2D eigenvalue weighted by atomic mass is 9.74. The van der Waals surface area contributed by atoms with Gasteiger partial charge in [-0.3, -0.25) is 9.59 Å². The minimum Gasteiger partial charge on any atom is -0.454 e. The van der Waals surface area contributed by atoms with Crippen LogP contribution in [0.3, 0.4) is 0 Å². The first-order valence-electron chi connectivity index (χ1n) is 9.72. The lowest BCUT2D eigenvalue weighted by Gasteiger charge is -2.42. The quantitative estimate of drug-likeness (QED) is 0.851. The van der Waals surface area contributed by atoms with Gasteiger partial charge in [0.25, 0.3) is 5.91 Å². The second kappa shape index (κ2) is 7.03. The van der Waals surface area contributed by atoms with Crippen LogP contribution in [0.4, 0.5) is 0 Å². The van der Waals surface area contributed by atoms with E-state index in [9.17, 15) is 9.59 Å². The number of amides is 2. The summed E-state index contributed by atoms with van der Waals surface area (Å²) in [5, 5.41) is 0. The molecule has 1 aromatic rings. The van der Waals surface area contributed by atoms with Crippen molar-refractivity contribution in [3.8, 4) is 11.5 Å². The average Bonchev–Trinajstić information content (AvgIpc) is 3.14. The number of benzene rings is 1. The Morgan fingerprint density at radius 1 is 1.07 bits per heavy atom. The van der Waals surface area contributed by atoms with E-state index in [2.05, 4.69) is 0 Å². The first kappa shape index (κ1) is 18.1. The highest BCUT2D eigenvalue weighted by molar-refractivity contribution is 5.95. The Kier molecular flexibility index (Phi) is 4.72. The third-order valence-corrected chi connectivity index (χ3v) is 6.05. The zero-order valence-electron chi connectivity index (χ0n) is 15.8. The SMILES string of the molecule is CC1(N)CCCCC1C(=O)N1CCN(C(=O)c2ccc3c(c2)OCO3)CC1. The van der Waals surface area contributed by atoms with Gasteiger partial charge in [-0.05, 0) is 38.0 Å². The maximum Gasteiger partial charge on any atom is 0.254 e. The molecule has 146 valence electrons. The van der Waals surface area contributed by atoms with E-state index in [4.69, 9.17) is 15.2 Å². The predicted octanol–water partition coefficient (Wildman–Crippen LogP) is 1.61. The minimum absolute atomic E-state index is 0.0401. The Balaban J connectivity index is 1.37. The second-order valence-corrected chi connectivity index (χ2v) is 7.99. The van der Waals surface area contributed by atoms with Crippen LogP contribution in [0.25, 0.3) is 0 Å². The first-order chi connectivity index (χ1) is 13.0. The van der Waals surface area contributed by atoms with Crippen LogP contribution in [0, 0.1) is 5.92 Å². The molecule has 1 saturated carbocycles. The summed E-state index contributed by atoms with van der Waals surface area (Å²) in [7, 11) is 0. The number of piperazine rings is 1. The summed E-state index contributed by atoms with van der Waals surface area (Å²) >= 11 is 0. The van der Waals surface area contributed by atoms with Crippen LogP contribution in [-0.4, -0.2) is 60.1 Å². The molecule has 1 aromatic carbocycles. The zero-order chi connectivity index (χ0) is 19.0. The van der Waals surface area contributed by atoms with Crippen LogP contribution < -0.4 is 15.2 Å². The van der Waals surface area contributed by atoms with Crippen molar-refractivity contribution in [2.75, 3.05) is 33.0 Å². The summed E-state index contributed by atoms with van der Waals surface area (Å²) in [5.74, 6) is 1.27. The summed E-state index contributed by atoms with van der Waals surface area (Å²) in [6, 6.07) is 5.25. The molecule has 0 radical (unpaired) electrons. The van der Waals surface area contributed by atoms with Gasteiger partial charge in [0.05, 0.1) is 5.92 Å². The lowest BCUT2D eigenvalue weighted by Crippen LogP contribution is -2.57. The molecule has 27 heavy (non-hydrogen) atoms. The molecule has 0 bridgehead atoms. The highest BCUT2D eigenvalue weighted by atomic mass is 16.7. The fourth-order valence-electron chi connectivity index (χ4n) is 4.33. The standard InChI is InChI=1S/C20H27N3O4/c1-20(21)7-3-2-4-15(20)19(25)23-10-8-22(9-11-23)18(24)14-5-6-16-17(12-14)27-13-26-16/h5-6,12,15H,2-4,7-11,13,21H2,1H3. The fraction of sp³-hybridized carbons (Fsp3) is 0.600. The first-order valence-corrected chi connectivity index (χ1v) is 9.72. The molecule has 2 N–H and O–H groups in total. The van der Waals surface area contributed by atoms with Crippen LogP contribution in [0.1, 0.15) is 43.0 Å². The molecule has 1 aliphatic carbocycles. The number of nitrogens with two attached hydrogens (primary N) is 1. The van der Waals surface area contributed by atoms with E-state index in [1.54, 1.807) is 23.1 Å². The molecule has 7 nitrogen and oxygen atoms in total. The van der Waals surface area contributed by atoms with E-state index in [0.717, 1.165) is 25.7 Å². The van der Waals surface area contributed by atoms with Crippen molar-refractivity contribution in [2.45, 2.75) is 38.1 Å². The third kappa shape index (κ3) is 3.48. The van der Waals surface area contributed by atoms with Gasteiger partial charge in [0.15, 0.2) is 11.5 Å². The Bertz CT molecular complexity index is 741. The maximum absolute atomic E-state index is 13.0. The summed E-state index contributed by atoms with van der Waals surface area (Å²) in [5.41, 5.74) is 6.55. The topological polar surface area (TPSA) is 85.1 Å². The summed E-state index contributed by atoms with van der Waals surface area (Å²) in [6.07, 6.45) is 3.91. The van der Waals surface area contributed by atoms with Gasteiger partial charge in [0.2, 0.25) is 12.7 Å². The summed E-state index contributed by atoms with van der Waals surface area (Å²) in [6.45, 7) is 4.37. The lowest BCUT2D eigenvalue weighted by molar-refractivity contribution is -0.140. The van der Waals surface area contributed by atoms with E-state index in [1.165, 1.54) is 0 Å². The molecule has 2 amide bonds. The summed E-state index contributed by atoms with van der Waals surface area (Å²) < 4.78 is 10.6. The highest BCUT2D eigenvalue weighted by Crippen LogP contribution is 2.34. The summed E-state index contributed by atoms with van der Waals surface area (Å²) in [4.78, 5) is 29.4. The molecule has 2 unspecified atom stereocenters. The number of fused-ring (bicyclic) bond motifs is 1. The number of carbonyl (C=O) groups excluding carboxylic acids is 2. The molecule has 4 rings (SSSR count). The van der Waals surface area contributed by atoms with E-state index in [0.29, 0.717) is 43.2 Å². The van der Waals surface area contributed by atoms with Crippen LogP contribution in [0.2, 0.25) is 0 Å². The van der Waals surface area contributed by atoms with Crippen LogP contribution in [0.5, 0.6) is 11.5 Å². The Hall–Kier alpha value is -2.28. The number of nitrogens with zero attached hydrogens (tertiary/aromatic N) is 2. The largest absolute Gasteiger partial charge is 0.454 e. The van der Waals surface area contributed by atoms with E-state index >= 15 is 0 Å². The molecule has 0 aromatic heterocycles. The highest BCUT2D eigenvalue weighted by Gasteiger charge is 2.40. The van der Waals surface area contributed by atoms with Gasteiger partial charge >= 0.3 is 0 Å². The van der Waals surface area contributed by atoms with Crippen molar-refractivity contribution < 1.29 is 19.1 Å². The molecule has 7 heteroatoms. The van der Waals surface area contributed by atoms with Crippen LogP contribution in [-0.2, 0) is 4.79 Å². The predicted molar refractivity (Wildman–Crippen MR) is 99.6 cm³/mol. The molecule has 1 saturated heterocycles. The number of rotatable bonds is 2. The Morgan fingerprint density at radius 2 is 1.78 bits per heavy atom. The van der Waals surface area contributed by atoms with Crippen LogP contribution in [0.15, 0.2) is 18.2 Å². The van der Waals surface area contributed by atoms with Gasteiger partial charge < -0.3 is 25.0 Å². The van der Waals surface area contributed by atoms with Crippen molar-refractivity contribution in [1.82, 2.24) is 9.80 Å². The zero-order valence-corrected chi connectivity index (χ0v) is 15.8. The van der Waals surface area contributed by atoms with Gasteiger partial charge in [-0.25, -0.2) is 0 Å². The van der Waals surface area contributed by atoms with Gasteiger partial charge in [-0.2, -0.15) is 0 Å². The van der Waals surface area contributed by atoms with Gasteiger partial charge in [-0.1, -0.05) is 12.8 Å². The average molecular weight is 373 g/mol. The smallest absolute Gasteiger partial charge is 0.254 e. The van der Waals surface area contributed by atoms with Crippen molar-refractivity contribution in [2.24, 2.45) is 11.7 Å². The Labute approximate surface area is 159 Å². The van der Waals surface area contributed by atoms with Crippen molar-refractivity contribution in [3.63, 3.8) is 0 Å². The van der Waals surface area contributed by atoms with Gasteiger partial charge in [-0.15, -0.1) is 0 Å². The molecule has 2 fully saturated rings. The number of ether oxygens (including phenoxy) is 2. The third-order valence-electron chi connectivity index (χ3n) is 6.05. The van der Waals surface area contributed by atoms with E-state index in [1.807, 2.05) is 11.8 Å². The number of hydrogen-bond acceptors (Lipinski definition) is 5. The number of carbonyl (C=O) groups is 2. The van der Waals surface area contributed by atoms with Gasteiger partial charge in [0, 0.05) is 37.3 Å². The molecular formula is C20H27N3O4. The Morgan fingerprint density at radius 3 is 2.52 bits per heavy atom. The minimum atomic E-state index is -0.422. The van der Waals surface area contributed by atoms with Gasteiger partial charge in [0.1, 0.15) is 0 Å². The maximum atomic E-state index is 13.0. The van der Waals surface area contributed by atoms with Crippen molar-refractivity contribution >= 4 is 11.8 Å². The molecule has 0 spiro atoms. The molecule has 3 aliphatic rings. The monoisotopic (exact) mass is 373 g/mol. The van der Waals surface area contributed by atoms with E-state index < -0.39 is 5.54 Å². The normalized spacial score (nSPS) is 27.6.